The number of nitrogens with one attached hydrogen (secondary N) is 1. The molecule has 0 aliphatic heterocycles. The van der Waals surface area contributed by atoms with Crippen LogP contribution in [0.15, 0.2) is 24.9 Å². The van der Waals surface area contributed by atoms with Crippen molar-refractivity contribution in [3.05, 3.63) is 30.2 Å². The molecule has 0 unspecified atom stereocenters. The zero-order valence-electron chi connectivity index (χ0n) is 7.84. The Morgan fingerprint density at radius 2 is 2.13 bits per heavy atom. The fraction of sp³-hybridized carbons (Fsp3) is 0.250. The number of aromatic nitrogens is 5. The number of hydrogen-bond donors (Lipinski definition) is 1. The average molecular weight is 225 g/mol. The zero-order chi connectivity index (χ0) is 10.5. The lowest BCUT2D eigenvalue weighted by Gasteiger charge is -2.04. The van der Waals surface area contributed by atoms with Crippen molar-refractivity contribution in [3.8, 4) is 0 Å². The lowest BCUT2D eigenvalue weighted by atomic mass is 10.5. The lowest BCUT2D eigenvalue weighted by molar-refractivity contribution is 0.722. The van der Waals surface area contributed by atoms with Crippen LogP contribution in [0.25, 0.3) is 0 Å². The molecule has 0 aliphatic rings. The Bertz CT molecular complexity index is 415. The molecule has 1 N–H and O–H groups in total. The Morgan fingerprint density at radius 3 is 2.87 bits per heavy atom. The van der Waals surface area contributed by atoms with Crippen LogP contribution in [0.5, 0.6) is 0 Å². The molecular weight excluding hydrogens is 216 g/mol. The Morgan fingerprint density at radius 1 is 1.33 bits per heavy atom. The zero-order valence-corrected chi connectivity index (χ0v) is 8.59. The van der Waals surface area contributed by atoms with Gasteiger partial charge in [-0.05, 0) is 17.7 Å². The van der Waals surface area contributed by atoms with E-state index < -0.39 is 0 Å². The highest BCUT2D eigenvalue weighted by atomic mass is 35.5. The maximum Gasteiger partial charge on any atom is 0.224 e. The molecule has 78 valence electrons. The van der Waals surface area contributed by atoms with Gasteiger partial charge in [0.1, 0.15) is 18.5 Å². The van der Waals surface area contributed by atoms with Gasteiger partial charge in [-0.25, -0.2) is 9.97 Å². The standard InChI is InChI=1S/C8H9ClN6/c9-8-11-2-1-7(14-8)10-3-4-15-5-12-13-6-15/h1-2,5-6H,3-4H2,(H,10,11,14). The summed E-state index contributed by atoms with van der Waals surface area (Å²) < 4.78 is 1.87. The molecule has 0 amide bonds. The molecule has 0 spiro atoms. The molecule has 0 bridgehead atoms. The van der Waals surface area contributed by atoms with Gasteiger partial charge >= 0.3 is 0 Å². The quantitative estimate of drug-likeness (QED) is 0.780. The summed E-state index contributed by atoms with van der Waals surface area (Å²) in [5.41, 5.74) is 0. The van der Waals surface area contributed by atoms with Gasteiger partial charge in [0.2, 0.25) is 5.28 Å². The Kier molecular flexibility index (Phi) is 3.08. The van der Waals surface area contributed by atoms with Crippen molar-refractivity contribution in [2.45, 2.75) is 6.54 Å². The first-order chi connectivity index (χ1) is 7.34. The summed E-state index contributed by atoms with van der Waals surface area (Å²) in [6.45, 7) is 1.50. The van der Waals surface area contributed by atoms with Crippen molar-refractivity contribution in [1.29, 1.82) is 0 Å². The Balaban J connectivity index is 1.83. The number of nitrogens with zero attached hydrogens (tertiary/aromatic N) is 5. The molecule has 0 fully saturated rings. The van der Waals surface area contributed by atoms with Gasteiger partial charge in [0.25, 0.3) is 0 Å². The van der Waals surface area contributed by atoms with Crippen molar-refractivity contribution in [2.24, 2.45) is 0 Å². The van der Waals surface area contributed by atoms with E-state index in [9.17, 15) is 0 Å². The molecule has 0 saturated heterocycles. The third kappa shape index (κ3) is 2.88. The van der Waals surface area contributed by atoms with Gasteiger partial charge in [-0.1, -0.05) is 0 Å². The number of rotatable bonds is 4. The van der Waals surface area contributed by atoms with Crippen molar-refractivity contribution in [1.82, 2.24) is 24.7 Å². The van der Waals surface area contributed by atoms with E-state index in [1.54, 1.807) is 24.9 Å². The van der Waals surface area contributed by atoms with Crippen LogP contribution in [0.1, 0.15) is 0 Å². The summed E-state index contributed by atoms with van der Waals surface area (Å²) in [6.07, 6.45) is 4.93. The molecule has 0 aromatic carbocycles. The second kappa shape index (κ2) is 4.70. The van der Waals surface area contributed by atoms with Crippen molar-refractivity contribution >= 4 is 17.4 Å². The first kappa shape index (κ1) is 9.85. The van der Waals surface area contributed by atoms with E-state index in [2.05, 4.69) is 25.5 Å². The molecule has 0 aliphatic carbocycles. The third-order valence-electron chi connectivity index (χ3n) is 1.77. The van der Waals surface area contributed by atoms with Crippen LogP contribution in [-0.2, 0) is 6.54 Å². The molecule has 15 heavy (non-hydrogen) atoms. The molecular formula is C8H9ClN6. The number of anilines is 1. The van der Waals surface area contributed by atoms with Crippen LogP contribution in [0.3, 0.4) is 0 Å². The largest absolute Gasteiger partial charge is 0.368 e. The minimum absolute atomic E-state index is 0.240. The average Bonchev–Trinajstić information content (AvgIpc) is 2.71. The van der Waals surface area contributed by atoms with E-state index in [-0.39, 0.29) is 5.28 Å². The number of halogens is 1. The summed E-state index contributed by atoms with van der Waals surface area (Å²) in [5.74, 6) is 0.711. The predicted octanol–water partition coefficient (Wildman–Crippen LogP) is 0.834. The van der Waals surface area contributed by atoms with Crippen molar-refractivity contribution < 1.29 is 0 Å². The normalized spacial score (nSPS) is 10.2. The van der Waals surface area contributed by atoms with Crippen LogP contribution in [0.4, 0.5) is 5.82 Å². The fourth-order valence-corrected chi connectivity index (χ4v) is 1.23. The van der Waals surface area contributed by atoms with Gasteiger partial charge in [-0.15, -0.1) is 10.2 Å². The van der Waals surface area contributed by atoms with Crippen LogP contribution >= 0.6 is 11.6 Å². The summed E-state index contributed by atoms with van der Waals surface area (Å²) in [5, 5.41) is 10.8. The summed E-state index contributed by atoms with van der Waals surface area (Å²) in [7, 11) is 0. The first-order valence-electron chi connectivity index (χ1n) is 4.39. The highest BCUT2D eigenvalue weighted by molar-refractivity contribution is 6.28. The molecule has 2 aromatic heterocycles. The molecule has 0 atom stereocenters. The van der Waals surface area contributed by atoms with Gasteiger partial charge in [-0.3, -0.25) is 0 Å². The highest BCUT2D eigenvalue weighted by Crippen LogP contribution is 2.04. The Hall–Kier alpha value is -1.69. The second-order valence-electron chi connectivity index (χ2n) is 2.84. The van der Waals surface area contributed by atoms with Crippen molar-refractivity contribution in [2.75, 3.05) is 11.9 Å². The third-order valence-corrected chi connectivity index (χ3v) is 1.95. The maximum absolute atomic E-state index is 5.64. The highest BCUT2D eigenvalue weighted by Gasteiger charge is 1.95. The lowest BCUT2D eigenvalue weighted by Crippen LogP contribution is -2.10. The van der Waals surface area contributed by atoms with E-state index in [1.807, 2.05) is 4.57 Å². The van der Waals surface area contributed by atoms with Gasteiger partial charge in [0.05, 0.1) is 0 Å². The summed E-state index contributed by atoms with van der Waals surface area (Å²) in [6, 6.07) is 1.76. The van der Waals surface area contributed by atoms with Crippen LogP contribution in [0, 0.1) is 0 Å². The predicted molar refractivity (Wildman–Crippen MR) is 55.6 cm³/mol. The minimum Gasteiger partial charge on any atom is -0.368 e. The smallest absolute Gasteiger partial charge is 0.224 e. The van der Waals surface area contributed by atoms with Gasteiger partial charge in [0, 0.05) is 19.3 Å². The van der Waals surface area contributed by atoms with Gasteiger partial charge in [0.15, 0.2) is 0 Å². The molecule has 0 saturated carbocycles. The van der Waals surface area contributed by atoms with E-state index in [4.69, 9.17) is 11.6 Å². The molecule has 2 heterocycles. The van der Waals surface area contributed by atoms with Crippen LogP contribution < -0.4 is 5.32 Å². The monoisotopic (exact) mass is 224 g/mol. The van der Waals surface area contributed by atoms with Gasteiger partial charge < -0.3 is 9.88 Å². The minimum atomic E-state index is 0.240. The molecule has 6 nitrogen and oxygen atoms in total. The van der Waals surface area contributed by atoms with Crippen LogP contribution in [-0.4, -0.2) is 31.3 Å². The molecule has 0 radical (unpaired) electrons. The van der Waals surface area contributed by atoms with E-state index in [0.717, 1.165) is 13.1 Å². The van der Waals surface area contributed by atoms with E-state index in [0.29, 0.717) is 5.82 Å². The number of hydrogen-bond acceptors (Lipinski definition) is 5. The van der Waals surface area contributed by atoms with Crippen LogP contribution in [0.2, 0.25) is 5.28 Å². The fourth-order valence-electron chi connectivity index (χ4n) is 1.08. The summed E-state index contributed by atoms with van der Waals surface area (Å²) >= 11 is 5.64. The molecule has 2 rings (SSSR count). The topological polar surface area (TPSA) is 68.5 Å². The SMILES string of the molecule is Clc1nccc(NCCn2cnnc2)n1. The molecule has 2 aromatic rings. The van der Waals surface area contributed by atoms with Crippen molar-refractivity contribution in [3.63, 3.8) is 0 Å². The first-order valence-corrected chi connectivity index (χ1v) is 4.77. The summed E-state index contributed by atoms with van der Waals surface area (Å²) in [4.78, 5) is 7.78. The maximum atomic E-state index is 5.64. The Labute approximate surface area is 91.3 Å². The molecule has 7 heteroatoms. The van der Waals surface area contributed by atoms with E-state index >= 15 is 0 Å². The van der Waals surface area contributed by atoms with Gasteiger partial charge in [-0.2, -0.15) is 0 Å². The second-order valence-corrected chi connectivity index (χ2v) is 3.18. The van der Waals surface area contributed by atoms with E-state index in [1.165, 1.54) is 0 Å².